The molecule has 2 N–H and O–H groups in total. The van der Waals surface area contributed by atoms with Crippen molar-refractivity contribution in [2.75, 3.05) is 13.6 Å². The van der Waals surface area contributed by atoms with E-state index in [9.17, 15) is 24.8 Å². The highest BCUT2D eigenvalue weighted by molar-refractivity contribution is 5.94. The number of nitro groups is 1. The lowest BCUT2D eigenvalue weighted by Gasteiger charge is -2.62. The molecule has 0 saturated heterocycles. The molecule has 0 heterocycles. The van der Waals surface area contributed by atoms with Gasteiger partial charge in [-0.1, -0.05) is 20.8 Å². The zero-order valence-electron chi connectivity index (χ0n) is 27.9. The van der Waals surface area contributed by atoms with Gasteiger partial charge in [0.2, 0.25) is 0 Å². The number of hydrogen-bond acceptors (Lipinski definition) is 7. The molecule has 4 unspecified atom stereocenters. The van der Waals surface area contributed by atoms with Crippen LogP contribution in [0.15, 0.2) is 18.2 Å². The highest BCUT2D eigenvalue weighted by Gasteiger charge is 2.62. The molecule has 44 heavy (non-hydrogen) atoms. The van der Waals surface area contributed by atoms with Crippen LogP contribution in [0, 0.1) is 56.5 Å². The smallest absolute Gasteiger partial charge is 0.306 e. The van der Waals surface area contributed by atoms with Gasteiger partial charge in [0.05, 0.1) is 24.1 Å². The summed E-state index contributed by atoms with van der Waals surface area (Å²) >= 11 is 0. The minimum absolute atomic E-state index is 0.0111. The van der Waals surface area contributed by atoms with Gasteiger partial charge in [-0.3, -0.25) is 19.7 Å². The second kappa shape index (κ2) is 13.1. The summed E-state index contributed by atoms with van der Waals surface area (Å²) in [6.07, 6.45) is 9.23. The van der Waals surface area contributed by atoms with Gasteiger partial charge in [0.1, 0.15) is 6.61 Å². The molecule has 1 aromatic rings. The fraction of sp³-hybridized carbons (Fsp3) is 0.771. The fourth-order valence-electron chi connectivity index (χ4n) is 10.3. The number of carbonyl (C=O) groups excluding carboxylic acids is 2. The summed E-state index contributed by atoms with van der Waals surface area (Å²) in [5, 5.41) is 25.9. The van der Waals surface area contributed by atoms with Gasteiger partial charge < -0.3 is 19.9 Å². The number of carbonyl (C=O) groups is 2. The van der Waals surface area contributed by atoms with Crippen LogP contribution in [0.1, 0.15) is 109 Å². The number of nitro benzene ring substituents is 1. The van der Waals surface area contributed by atoms with Crippen LogP contribution in [0.3, 0.4) is 0 Å². The fourth-order valence-corrected chi connectivity index (χ4v) is 10.3. The highest BCUT2D eigenvalue weighted by Crippen LogP contribution is 2.68. The lowest BCUT2D eigenvalue weighted by molar-refractivity contribution is -0.385. The first-order chi connectivity index (χ1) is 21.4. The van der Waals surface area contributed by atoms with Crippen molar-refractivity contribution in [3.63, 3.8) is 0 Å². The van der Waals surface area contributed by atoms with Crippen LogP contribution < -0.4 is 5.32 Å². The zero-order chi connectivity index (χ0) is 32.5. The molecule has 4 aliphatic rings. The molecule has 0 radical (unpaired) electrons. The molecule has 244 valence electrons. The Labute approximate surface area is 263 Å². The average molecular weight is 614 g/mol. The Morgan fingerprint density at radius 1 is 1.16 bits per heavy atom. The van der Waals surface area contributed by atoms with E-state index in [0.717, 1.165) is 51.4 Å². The molecule has 1 amide bonds. The van der Waals surface area contributed by atoms with Gasteiger partial charge in [-0.15, -0.1) is 0 Å². The number of aliphatic hydroxyl groups excluding tert-OH is 1. The van der Waals surface area contributed by atoms with Gasteiger partial charge in [0.25, 0.3) is 11.6 Å². The molecule has 4 saturated carbocycles. The molecule has 0 aromatic heterocycles. The third-order valence-electron chi connectivity index (χ3n) is 12.7. The van der Waals surface area contributed by atoms with Crippen LogP contribution in [0.2, 0.25) is 0 Å². The van der Waals surface area contributed by atoms with Crippen molar-refractivity contribution >= 4 is 17.6 Å². The number of ether oxygens (including phenoxy) is 2. The molecule has 10 atom stereocenters. The predicted octanol–water partition coefficient (Wildman–Crippen LogP) is 6.45. The number of amides is 1. The monoisotopic (exact) mass is 613 g/mol. The Hall–Kier alpha value is -2.52. The van der Waals surface area contributed by atoms with Crippen molar-refractivity contribution < 1.29 is 30.5 Å². The minimum Gasteiger partial charge on any atom is -0.461 e. The number of nitrogens with one attached hydrogen (secondary N) is 1. The maximum absolute atomic E-state index is 12.8. The molecule has 0 aliphatic heterocycles. The number of rotatable bonds is 10. The average Bonchev–Trinajstić information content (AvgIpc) is 3.36. The minimum atomic E-state index is -0.553. The Bertz CT molecular complexity index is 1260. The quantitative estimate of drug-likeness (QED) is 0.176. The number of aliphatic hydroxyl groups is 1. The van der Waals surface area contributed by atoms with Gasteiger partial charge in [-0.25, -0.2) is 0 Å². The highest BCUT2D eigenvalue weighted by atomic mass is 16.6. The van der Waals surface area contributed by atoms with E-state index in [-0.39, 0.29) is 71.8 Å². The third kappa shape index (κ3) is 6.03. The molecule has 9 nitrogen and oxygen atoms in total. The lowest BCUT2D eigenvalue weighted by Crippen LogP contribution is -2.58. The molecule has 1 aromatic carbocycles. The normalized spacial score (nSPS) is 37.1. The number of benzene rings is 1. The van der Waals surface area contributed by atoms with Crippen molar-refractivity contribution in [2.24, 2.45) is 46.3 Å². The van der Waals surface area contributed by atoms with E-state index in [0.29, 0.717) is 48.5 Å². The van der Waals surface area contributed by atoms with Gasteiger partial charge in [0, 0.05) is 31.7 Å². The van der Waals surface area contributed by atoms with Crippen LogP contribution in [0.5, 0.6) is 0 Å². The largest absolute Gasteiger partial charge is 0.461 e. The zero-order valence-corrected chi connectivity index (χ0v) is 26.9. The molecular formula is C35H52N2O7. The van der Waals surface area contributed by atoms with E-state index in [2.05, 4.69) is 26.1 Å². The van der Waals surface area contributed by atoms with Crippen molar-refractivity contribution in [1.29, 1.82) is 0 Å². The summed E-state index contributed by atoms with van der Waals surface area (Å²) < 4.78 is 18.7. The van der Waals surface area contributed by atoms with Gasteiger partial charge in [0.15, 0.2) is 0 Å². The number of methoxy groups -OCH3 is 1. The standard InChI is InChI=1S/C35H52N2O7/c1-6-36-33(40)22-8-9-23(29(17-22)37(41)42)20-44-31(39)12-7-21(2)26-10-11-27-32-28(14-16-35(26,27)4)34(3)15-13-25(43-5)18-24(34)19-30(32)38/h8-9,17,21,24-28,30,32,38H,6-7,10-16,18-20H2,1-5H3,(H,36,40)/t21-,24-,25+,26?,27?,28?,30+,32?,34-,35+/m0/s1/i5D. The van der Waals surface area contributed by atoms with Gasteiger partial charge in [-0.05, 0) is 123 Å². The van der Waals surface area contributed by atoms with E-state index in [4.69, 9.17) is 10.8 Å². The summed E-state index contributed by atoms with van der Waals surface area (Å²) in [6, 6.07) is 4.22. The van der Waals surface area contributed by atoms with Crippen molar-refractivity contribution in [2.45, 2.75) is 111 Å². The van der Waals surface area contributed by atoms with E-state index in [1.165, 1.54) is 18.2 Å². The van der Waals surface area contributed by atoms with Crippen LogP contribution in [0.4, 0.5) is 5.69 Å². The third-order valence-corrected chi connectivity index (χ3v) is 12.7. The number of fused-ring (bicyclic) bond motifs is 5. The van der Waals surface area contributed by atoms with Crippen LogP contribution in [-0.2, 0) is 20.9 Å². The first-order valence-corrected chi connectivity index (χ1v) is 16.7. The first kappa shape index (κ1) is 31.5. The Morgan fingerprint density at radius 2 is 1.91 bits per heavy atom. The molecule has 4 fully saturated rings. The number of nitrogens with zero attached hydrogens (tertiary/aromatic N) is 1. The number of esters is 1. The maximum atomic E-state index is 12.8. The lowest BCUT2D eigenvalue weighted by atomic mass is 9.43. The van der Waals surface area contributed by atoms with E-state index >= 15 is 0 Å². The molecule has 0 spiro atoms. The molecule has 9 heteroatoms. The Balaban J connectivity index is 1.17. The Morgan fingerprint density at radius 3 is 2.64 bits per heavy atom. The predicted molar refractivity (Wildman–Crippen MR) is 167 cm³/mol. The summed E-state index contributed by atoms with van der Waals surface area (Å²) in [5.74, 6) is 1.79. The molecule has 5 rings (SSSR count). The van der Waals surface area contributed by atoms with Gasteiger partial charge >= 0.3 is 5.97 Å². The van der Waals surface area contributed by atoms with Crippen molar-refractivity contribution in [1.82, 2.24) is 5.32 Å². The summed E-state index contributed by atoms with van der Waals surface area (Å²) in [7, 11) is 0.0111. The van der Waals surface area contributed by atoms with Crippen molar-refractivity contribution in [3.8, 4) is 0 Å². The SMILES string of the molecule is [2H]CO[C@@H]1CC[C@]2(C)C3CC[C@@]4(C)C(CCC4[C@@H](C)CCC(=O)OCc4ccc(C(=O)NCC)cc4[N+](=O)[O-])C3[C@H](O)C[C@@H]2C1. The summed E-state index contributed by atoms with van der Waals surface area (Å²) in [6.45, 7) is 9.12. The maximum Gasteiger partial charge on any atom is 0.306 e. The van der Waals surface area contributed by atoms with Crippen molar-refractivity contribution in [3.05, 3.63) is 39.4 Å². The summed E-state index contributed by atoms with van der Waals surface area (Å²) in [4.78, 5) is 36.0. The second-order valence-corrected chi connectivity index (χ2v) is 14.7. The van der Waals surface area contributed by atoms with E-state index in [1.54, 1.807) is 6.92 Å². The molecular weight excluding hydrogens is 560 g/mol. The first-order valence-electron chi connectivity index (χ1n) is 17.4. The van der Waals surface area contributed by atoms with E-state index < -0.39 is 4.92 Å². The molecule has 4 aliphatic carbocycles. The molecule has 0 bridgehead atoms. The Kier molecular flexibility index (Phi) is 9.35. The topological polar surface area (TPSA) is 128 Å². The summed E-state index contributed by atoms with van der Waals surface area (Å²) in [5.41, 5.74) is 0.572. The second-order valence-electron chi connectivity index (χ2n) is 14.7. The number of hydrogen-bond donors (Lipinski definition) is 2. The van der Waals surface area contributed by atoms with E-state index in [1.807, 2.05) is 0 Å². The van der Waals surface area contributed by atoms with Crippen LogP contribution in [0.25, 0.3) is 0 Å². The van der Waals surface area contributed by atoms with Crippen LogP contribution >= 0.6 is 0 Å². The van der Waals surface area contributed by atoms with Gasteiger partial charge in [-0.2, -0.15) is 0 Å². The van der Waals surface area contributed by atoms with Crippen LogP contribution in [-0.4, -0.2) is 47.7 Å².